The fourth-order valence-corrected chi connectivity index (χ4v) is 4.83. The maximum absolute atomic E-state index is 12.4. The molecule has 3 fully saturated rings. The maximum atomic E-state index is 12.4. The Balaban J connectivity index is 1.59. The van der Waals surface area contributed by atoms with Crippen LogP contribution in [0.2, 0.25) is 0 Å². The van der Waals surface area contributed by atoms with Gasteiger partial charge in [-0.3, -0.25) is 4.79 Å². The highest BCUT2D eigenvalue weighted by Crippen LogP contribution is 2.30. The predicted molar refractivity (Wildman–Crippen MR) is 82.8 cm³/mol. The highest BCUT2D eigenvalue weighted by molar-refractivity contribution is 7.88. The van der Waals surface area contributed by atoms with E-state index in [0.29, 0.717) is 45.1 Å². The number of likely N-dealkylation sites (tertiary alicyclic amines) is 1. The van der Waals surface area contributed by atoms with Gasteiger partial charge in [0.1, 0.15) is 0 Å². The Hall–Kier alpha value is -0.660. The van der Waals surface area contributed by atoms with Gasteiger partial charge in [0.15, 0.2) is 0 Å². The second-order valence-corrected chi connectivity index (χ2v) is 8.93. The number of carbonyl (C=O) groups is 1. The Morgan fingerprint density at radius 2 is 1.91 bits per heavy atom. The summed E-state index contributed by atoms with van der Waals surface area (Å²) in [5, 5.41) is 0. The van der Waals surface area contributed by atoms with E-state index >= 15 is 0 Å². The van der Waals surface area contributed by atoms with E-state index < -0.39 is 10.0 Å². The zero-order valence-electron chi connectivity index (χ0n) is 13.2. The summed E-state index contributed by atoms with van der Waals surface area (Å²) in [6.45, 7) is 2.55. The van der Waals surface area contributed by atoms with E-state index in [0.717, 1.165) is 0 Å². The molecule has 0 unspecified atom stereocenters. The van der Waals surface area contributed by atoms with Gasteiger partial charge in [0.25, 0.3) is 0 Å². The molecule has 3 aliphatic rings. The van der Waals surface area contributed by atoms with Crippen LogP contribution >= 0.6 is 0 Å². The average Bonchev–Trinajstić information content (AvgIpc) is 3.03. The largest absolute Gasteiger partial charge is 0.375 e. The van der Waals surface area contributed by atoms with Crippen LogP contribution in [0.5, 0.6) is 0 Å². The van der Waals surface area contributed by atoms with E-state index in [2.05, 4.69) is 0 Å². The first-order chi connectivity index (χ1) is 10.4. The van der Waals surface area contributed by atoms with Crippen LogP contribution in [0.25, 0.3) is 0 Å². The molecule has 1 saturated carbocycles. The number of hydrogen-bond donors (Lipinski definition) is 0. The molecule has 0 aromatic heterocycles. The molecule has 2 atom stereocenters. The minimum atomic E-state index is -3.19. The van der Waals surface area contributed by atoms with Crippen molar-refractivity contribution in [2.24, 2.45) is 11.8 Å². The van der Waals surface area contributed by atoms with E-state index in [1.165, 1.54) is 36.2 Å². The second kappa shape index (κ2) is 6.45. The van der Waals surface area contributed by atoms with Crippen molar-refractivity contribution in [1.82, 2.24) is 9.21 Å². The van der Waals surface area contributed by atoms with Crippen molar-refractivity contribution in [3.8, 4) is 0 Å². The zero-order chi connectivity index (χ0) is 15.7. The van der Waals surface area contributed by atoms with Gasteiger partial charge in [-0.1, -0.05) is 12.8 Å². The Labute approximate surface area is 132 Å². The smallest absolute Gasteiger partial charge is 0.222 e. The predicted octanol–water partition coefficient (Wildman–Crippen LogP) is 0.685. The first-order valence-electron chi connectivity index (χ1n) is 8.28. The number of ether oxygens (including phenoxy) is 1. The highest BCUT2D eigenvalue weighted by atomic mass is 32.2. The molecule has 2 heterocycles. The van der Waals surface area contributed by atoms with Gasteiger partial charge in [-0.05, 0) is 18.8 Å². The quantitative estimate of drug-likeness (QED) is 0.763. The van der Waals surface area contributed by atoms with Crippen LogP contribution in [0.4, 0.5) is 0 Å². The normalized spacial score (nSPS) is 31.2. The molecule has 3 rings (SSSR count). The number of carbonyl (C=O) groups excluding carboxylic acids is 1. The lowest BCUT2D eigenvalue weighted by molar-refractivity contribution is -0.131. The lowest BCUT2D eigenvalue weighted by Gasteiger charge is -2.22. The fourth-order valence-electron chi connectivity index (χ4n) is 3.96. The van der Waals surface area contributed by atoms with Crippen molar-refractivity contribution in [2.45, 2.75) is 38.2 Å². The van der Waals surface area contributed by atoms with Crippen LogP contribution in [0, 0.1) is 11.8 Å². The van der Waals surface area contributed by atoms with E-state index in [1.807, 2.05) is 4.90 Å². The van der Waals surface area contributed by atoms with Gasteiger partial charge < -0.3 is 9.64 Å². The summed E-state index contributed by atoms with van der Waals surface area (Å²) in [4.78, 5) is 14.3. The zero-order valence-corrected chi connectivity index (χ0v) is 14.1. The Kier molecular flexibility index (Phi) is 4.75. The topological polar surface area (TPSA) is 66.9 Å². The van der Waals surface area contributed by atoms with Crippen LogP contribution in [0.1, 0.15) is 32.1 Å². The van der Waals surface area contributed by atoms with E-state index in [-0.39, 0.29) is 17.9 Å². The third kappa shape index (κ3) is 3.63. The van der Waals surface area contributed by atoms with Crippen LogP contribution in [0.15, 0.2) is 0 Å². The summed E-state index contributed by atoms with van der Waals surface area (Å²) in [7, 11) is -3.19. The molecule has 0 aromatic rings. The number of nitrogens with zero attached hydrogens (tertiary/aromatic N) is 2. The van der Waals surface area contributed by atoms with Gasteiger partial charge in [0, 0.05) is 38.5 Å². The van der Waals surface area contributed by atoms with Crippen molar-refractivity contribution >= 4 is 15.9 Å². The van der Waals surface area contributed by atoms with Crippen molar-refractivity contribution in [3.05, 3.63) is 0 Å². The summed E-state index contributed by atoms with van der Waals surface area (Å²) in [6.07, 6.45) is 6.71. The lowest BCUT2D eigenvalue weighted by Crippen LogP contribution is -2.37. The van der Waals surface area contributed by atoms with Gasteiger partial charge in [-0.15, -0.1) is 0 Å². The molecule has 0 radical (unpaired) electrons. The fraction of sp³-hybridized carbons (Fsp3) is 0.933. The van der Waals surface area contributed by atoms with Gasteiger partial charge in [-0.2, -0.15) is 4.31 Å². The van der Waals surface area contributed by atoms with Crippen molar-refractivity contribution in [3.63, 3.8) is 0 Å². The molecule has 22 heavy (non-hydrogen) atoms. The highest BCUT2D eigenvalue weighted by Gasteiger charge is 2.40. The van der Waals surface area contributed by atoms with Crippen molar-refractivity contribution < 1.29 is 17.9 Å². The summed E-state index contributed by atoms with van der Waals surface area (Å²) in [5.74, 6) is 0.866. The molecule has 6 nitrogen and oxygen atoms in total. The third-order valence-corrected chi connectivity index (χ3v) is 6.52. The van der Waals surface area contributed by atoms with E-state index in [1.54, 1.807) is 0 Å². The Bertz CT molecular complexity index is 516. The van der Waals surface area contributed by atoms with E-state index in [9.17, 15) is 13.2 Å². The minimum Gasteiger partial charge on any atom is -0.375 e. The van der Waals surface area contributed by atoms with Crippen molar-refractivity contribution in [2.75, 3.05) is 39.0 Å². The molecule has 0 N–H and O–H groups in total. The average molecular weight is 330 g/mol. The molecule has 2 aliphatic heterocycles. The number of sulfonamides is 1. The molecule has 0 bridgehead atoms. The number of amides is 1. The summed E-state index contributed by atoms with van der Waals surface area (Å²) in [5.41, 5.74) is 0. The van der Waals surface area contributed by atoms with Gasteiger partial charge in [0.2, 0.25) is 15.9 Å². The molecular weight excluding hydrogens is 304 g/mol. The Morgan fingerprint density at radius 3 is 2.59 bits per heavy atom. The van der Waals surface area contributed by atoms with Crippen LogP contribution in [0.3, 0.4) is 0 Å². The molecule has 0 aromatic carbocycles. The minimum absolute atomic E-state index is 0.0146. The molecule has 0 spiro atoms. The summed E-state index contributed by atoms with van der Waals surface area (Å²) < 4.78 is 30.8. The molecule has 1 amide bonds. The number of fused-ring (bicyclic) bond motifs is 1. The summed E-state index contributed by atoms with van der Waals surface area (Å²) >= 11 is 0. The number of rotatable bonds is 3. The standard InChI is InChI=1S/C15H26N2O4S/c1-22(19,20)17-6-7-21-14-11-16(9-13(14)10-17)15(18)8-12-4-2-3-5-12/h12-14H,2-11H2,1H3/t13-,14-/m0/s1. The van der Waals surface area contributed by atoms with Gasteiger partial charge >= 0.3 is 0 Å². The Morgan fingerprint density at radius 1 is 1.18 bits per heavy atom. The first kappa shape index (κ1) is 16.2. The van der Waals surface area contributed by atoms with Gasteiger partial charge in [-0.25, -0.2) is 8.42 Å². The molecule has 1 aliphatic carbocycles. The summed E-state index contributed by atoms with van der Waals surface area (Å²) in [6, 6.07) is 0. The van der Waals surface area contributed by atoms with Crippen LogP contribution < -0.4 is 0 Å². The first-order valence-corrected chi connectivity index (χ1v) is 10.1. The third-order valence-electron chi connectivity index (χ3n) is 5.25. The van der Waals surface area contributed by atoms with Crippen LogP contribution in [-0.2, 0) is 19.6 Å². The number of hydrogen-bond acceptors (Lipinski definition) is 4. The maximum Gasteiger partial charge on any atom is 0.222 e. The SMILES string of the molecule is CS(=O)(=O)N1CCO[C@H]2CN(C(=O)CC3CCCC3)C[C@H]2C1. The van der Waals surface area contributed by atoms with Crippen molar-refractivity contribution in [1.29, 1.82) is 0 Å². The second-order valence-electron chi connectivity index (χ2n) is 6.94. The van der Waals surface area contributed by atoms with E-state index in [4.69, 9.17) is 4.74 Å². The molecule has 126 valence electrons. The van der Waals surface area contributed by atoms with Crippen LogP contribution in [-0.4, -0.2) is 68.7 Å². The molecular formula is C15H26N2O4S. The molecule has 7 heteroatoms. The van der Waals surface area contributed by atoms with Gasteiger partial charge in [0.05, 0.1) is 19.0 Å². The lowest BCUT2D eigenvalue weighted by atomic mass is 10.0. The monoisotopic (exact) mass is 330 g/mol. The molecule has 2 saturated heterocycles.